The highest BCUT2D eigenvalue weighted by Gasteiger charge is 2.49. The number of carbonyl (C=O) groups is 3. The maximum Gasteiger partial charge on any atom is 0.338 e. The molecular weight excluding hydrogens is 1320 g/mol. The second-order valence-corrected chi connectivity index (χ2v) is 31.0. The first-order chi connectivity index (χ1) is 44.6. The summed E-state index contributed by atoms with van der Waals surface area (Å²) in [6.07, 6.45) is 6.62. The molecule has 0 aliphatic carbocycles. The number of esters is 1. The van der Waals surface area contributed by atoms with Crippen molar-refractivity contribution in [3.05, 3.63) is 161 Å². The van der Waals surface area contributed by atoms with Gasteiger partial charge in [-0.2, -0.15) is 38.2 Å². The summed E-state index contributed by atoms with van der Waals surface area (Å²) in [5.74, 6) is -2.49. The molecule has 94 heavy (non-hydrogen) atoms. The molecule has 510 valence electrons. The van der Waals surface area contributed by atoms with Crippen LogP contribution in [0.3, 0.4) is 0 Å². The van der Waals surface area contributed by atoms with Gasteiger partial charge in [-0.05, 0) is 131 Å². The highest BCUT2D eigenvalue weighted by atomic mass is 32.2. The normalized spacial score (nSPS) is 17.1. The van der Waals surface area contributed by atoms with Crippen molar-refractivity contribution in [1.82, 2.24) is 10.6 Å². The molecule has 5 aromatic rings. The third-order valence-corrected chi connectivity index (χ3v) is 22.1. The molecule has 2 atom stereocenters. The van der Waals surface area contributed by atoms with Crippen molar-refractivity contribution in [2.45, 2.75) is 85.8 Å². The van der Waals surface area contributed by atoms with Crippen LogP contribution in [0.2, 0.25) is 0 Å². The molecule has 0 saturated carbocycles. The zero-order chi connectivity index (χ0) is 68.3. The van der Waals surface area contributed by atoms with E-state index >= 15 is 0 Å². The van der Waals surface area contributed by atoms with Crippen LogP contribution in [0, 0.1) is 0 Å². The van der Waals surface area contributed by atoms with Gasteiger partial charge in [0.05, 0.1) is 85.6 Å². The van der Waals surface area contributed by atoms with E-state index in [0.717, 1.165) is 10.6 Å². The molecule has 0 fully saturated rings. The number of nitrogens with one attached hydrogen (secondary N) is 2. The molecule has 2 aliphatic rings. The lowest BCUT2D eigenvalue weighted by molar-refractivity contribution is -0.438. The fourth-order valence-corrected chi connectivity index (χ4v) is 16.2. The standard InChI is InChI=1S/C65H81N4O20PS4/c1-64(30-15-43-91(73,74)75)54-46-51(93(79,80)81)25-28-56(54)68(34-13-7-12-23-61(70)66-32-33-67-62(71)48-24-27-53(63(72)86-4)58(45-48)90(49-17-8-5-9-18-49)50-19-10-6-11-20-50)59(64)21-14-22-60-65(2,31-16-44-92(76,77)78)55-47-52(94(82,83)84)26-29-57(55)69(60)35-36-87-39-40-89-42-41-88-38-37-85-3/h5-6,8-11,14,17-22,24-29,45-47H,7,12-13,15-16,23,30-44H2,1-4H3,(H5-,66,67,70,71,73,74,75,76,77,78,79,80,81,82,83,84)/p+1. The van der Waals surface area contributed by atoms with E-state index in [1.54, 1.807) is 57.4 Å². The molecule has 2 aliphatic heterocycles. The van der Waals surface area contributed by atoms with Crippen LogP contribution in [-0.4, -0.2) is 178 Å². The largest absolute Gasteiger partial charge is 0.465 e. The van der Waals surface area contributed by atoms with Crippen molar-refractivity contribution in [2.75, 3.05) is 103 Å². The lowest BCUT2D eigenvalue weighted by Crippen LogP contribution is -2.35. The number of nitrogens with zero attached hydrogens (tertiary/aromatic N) is 2. The molecule has 0 saturated heterocycles. The average molecular weight is 1400 g/mol. The smallest absolute Gasteiger partial charge is 0.338 e. The van der Waals surface area contributed by atoms with Crippen molar-refractivity contribution in [2.24, 2.45) is 0 Å². The lowest BCUT2D eigenvalue weighted by Gasteiger charge is -2.30. The van der Waals surface area contributed by atoms with E-state index in [-0.39, 0.29) is 84.0 Å². The van der Waals surface area contributed by atoms with E-state index in [0.29, 0.717) is 96.0 Å². The minimum atomic E-state index is -4.76. The van der Waals surface area contributed by atoms with E-state index in [4.69, 9.17) is 23.7 Å². The number of amides is 2. The zero-order valence-corrected chi connectivity index (χ0v) is 57.0. The SMILES string of the molecule is COCCOCCOCCOCCN1C(=CC=CC2=[N+](CCCCCC(=O)NCCNC(=O)c3ccc(C(=O)OC)c(P(c4ccccc4)c4ccccc4)c3)c3ccc(S(=O)(=O)O)cc3C2(C)CCCS(=O)(=O)O)C(C)(CCCS(=O)(=O)O)c2cc(S(=O)(=O)O)ccc21. The third kappa shape index (κ3) is 20.5. The number of benzene rings is 5. The Morgan fingerprint density at radius 2 is 1.16 bits per heavy atom. The van der Waals surface area contributed by atoms with Crippen LogP contribution in [0.1, 0.15) is 97.1 Å². The number of hydrogen-bond acceptors (Lipinski definition) is 17. The Bertz CT molecular complexity index is 4000. The fourth-order valence-electron chi connectivity index (χ4n) is 11.7. The topological polar surface area (TPSA) is 345 Å². The number of hydrogen-bond donors (Lipinski definition) is 6. The molecule has 2 amide bonds. The van der Waals surface area contributed by atoms with Crippen LogP contribution >= 0.6 is 7.92 Å². The zero-order valence-electron chi connectivity index (χ0n) is 52.8. The van der Waals surface area contributed by atoms with Crippen LogP contribution in [0.4, 0.5) is 11.4 Å². The van der Waals surface area contributed by atoms with Gasteiger partial charge >= 0.3 is 5.97 Å². The number of rotatable bonds is 38. The summed E-state index contributed by atoms with van der Waals surface area (Å²) in [7, 11) is -16.8. The number of anilines is 1. The first-order valence-corrected chi connectivity index (χ1v) is 37.9. The van der Waals surface area contributed by atoms with E-state index in [9.17, 15) is 66.3 Å². The van der Waals surface area contributed by atoms with E-state index in [1.807, 2.05) is 70.1 Å². The molecule has 0 bridgehead atoms. The van der Waals surface area contributed by atoms with Gasteiger partial charge in [0, 0.05) is 85.0 Å². The lowest BCUT2D eigenvalue weighted by atomic mass is 9.75. The number of methoxy groups -OCH3 is 2. The molecule has 24 nitrogen and oxygen atoms in total. The van der Waals surface area contributed by atoms with Crippen LogP contribution in [0.5, 0.6) is 0 Å². The van der Waals surface area contributed by atoms with Gasteiger partial charge in [0.15, 0.2) is 5.71 Å². The second kappa shape index (κ2) is 33.8. The van der Waals surface area contributed by atoms with Crippen LogP contribution < -0.4 is 31.4 Å². The maximum absolute atomic E-state index is 13.7. The van der Waals surface area contributed by atoms with E-state index in [1.165, 1.54) is 43.5 Å². The number of ether oxygens (including phenoxy) is 5. The molecule has 0 radical (unpaired) electrons. The Kier molecular flexibility index (Phi) is 26.9. The molecule has 0 aromatic heterocycles. The number of unbranched alkanes of at least 4 members (excludes halogenated alkanes) is 2. The number of allylic oxidation sites excluding steroid dienone is 4. The quantitative estimate of drug-likeness (QED) is 0.00814. The summed E-state index contributed by atoms with van der Waals surface area (Å²) in [5.41, 5.74) is 1.20. The Hall–Kier alpha value is -6.63. The van der Waals surface area contributed by atoms with Gasteiger partial charge in [0.2, 0.25) is 11.6 Å². The second-order valence-electron chi connectivity index (χ2n) is 22.8. The molecule has 29 heteroatoms. The van der Waals surface area contributed by atoms with Gasteiger partial charge in [-0.15, -0.1) is 0 Å². The number of carbonyl (C=O) groups excluding carboxylic acids is 3. The predicted molar refractivity (Wildman–Crippen MR) is 358 cm³/mol. The maximum atomic E-state index is 13.7. The summed E-state index contributed by atoms with van der Waals surface area (Å²) >= 11 is 0. The first kappa shape index (κ1) is 74.8. The summed E-state index contributed by atoms with van der Waals surface area (Å²) in [4.78, 5) is 41.0. The monoisotopic (exact) mass is 1400 g/mol. The molecule has 0 spiro atoms. The minimum Gasteiger partial charge on any atom is -0.465 e. The highest BCUT2D eigenvalue weighted by Crippen LogP contribution is 2.52. The Morgan fingerprint density at radius 1 is 0.606 bits per heavy atom. The number of fused-ring (bicyclic) bond motifs is 2. The summed E-state index contributed by atoms with van der Waals surface area (Å²) in [6, 6.07) is 32.4. The first-order valence-electron chi connectivity index (χ1n) is 30.4. The minimum absolute atomic E-state index is 0.0414. The van der Waals surface area contributed by atoms with Crippen molar-refractivity contribution in [3.63, 3.8) is 0 Å². The molecule has 2 unspecified atom stereocenters. The molecule has 2 heterocycles. The molecular formula is C65H82N4O20PS4+. The van der Waals surface area contributed by atoms with Gasteiger partial charge in [-0.3, -0.25) is 27.8 Å². The summed E-state index contributed by atoms with van der Waals surface area (Å²) in [5, 5.41) is 8.28. The van der Waals surface area contributed by atoms with Gasteiger partial charge in [0.25, 0.3) is 46.4 Å². The Morgan fingerprint density at radius 3 is 1.73 bits per heavy atom. The van der Waals surface area contributed by atoms with E-state index in [2.05, 4.69) is 10.6 Å². The van der Waals surface area contributed by atoms with Crippen molar-refractivity contribution < 1.29 is 94.5 Å². The van der Waals surface area contributed by atoms with Crippen LogP contribution in [-0.2, 0) is 79.8 Å². The van der Waals surface area contributed by atoms with Gasteiger partial charge in [-0.25, -0.2) is 4.79 Å². The fraction of sp³-hybridized carbons (Fsp3) is 0.415. The van der Waals surface area contributed by atoms with E-state index < -0.39 is 92.4 Å². The highest BCUT2D eigenvalue weighted by molar-refractivity contribution is 7.86. The Labute approximate surface area is 551 Å². The van der Waals surface area contributed by atoms with Crippen LogP contribution in [0.15, 0.2) is 149 Å². The van der Waals surface area contributed by atoms with Crippen LogP contribution in [0.25, 0.3) is 0 Å². The molecule has 6 N–H and O–H groups in total. The van der Waals surface area contributed by atoms with Crippen molar-refractivity contribution in [3.8, 4) is 0 Å². The van der Waals surface area contributed by atoms with Gasteiger partial charge in [-0.1, -0.05) is 66.7 Å². The molecule has 5 aromatic carbocycles. The molecule has 7 rings (SSSR count). The average Bonchev–Trinajstić information content (AvgIpc) is 1.58. The summed E-state index contributed by atoms with van der Waals surface area (Å²) < 4.78 is 168. The third-order valence-electron chi connectivity index (χ3n) is 16.3. The van der Waals surface area contributed by atoms with Crippen molar-refractivity contribution in [1.29, 1.82) is 0 Å². The Balaban J connectivity index is 1.11. The van der Waals surface area contributed by atoms with Gasteiger partial charge in [0.1, 0.15) is 6.54 Å². The van der Waals surface area contributed by atoms with Crippen molar-refractivity contribution >= 4 is 99.2 Å². The summed E-state index contributed by atoms with van der Waals surface area (Å²) in [6.45, 7) is 6.25. The predicted octanol–water partition coefficient (Wildman–Crippen LogP) is 6.44. The van der Waals surface area contributed by atoms with Gasteiger partial charge < -0.3 is 39.2 Å².